The molecule has 0 unspecified atom stereocenters. The van der Waals surface area contributed by atoms with Crippen LogP contribution in [0, 0.1) is 11.3 Å². The van der Waals surface area contributed by atoms with Gasteiger partial charge in [0.2, 0.25) is 0 Å². The van der Waals surface area contributed by atoms with Crippen molar-refractivity contribution in [1.82, 2.24) is 14.5 Å². The van der Waals surface area contributed by atoms with E-state index in [1.54, 1.807) is 48.3 Å². The number of hydrogen-bond donors (Lipinski definition) is 2. The highest BCUT2D eigenvalue weighted by molar-refractivity contribution is 5.90. The first-order valence-electron chi connectivity index (χ1n) is 10.9. The summed E-state index contributed by atoms with van der Waals surface area (Å²) in [6, 6.07) is 10.1. The number of pyridine rings is 1. The van der Waals surface area contributed by atoms with Gasteiger partial charge in [-0.2, -0.15) is 5.26 Å². The van der Waals surface area contributed by atoms with Crippen molar-refractivity contribution in [3.8, 4) is 11.8 Å². The number of aryl methyl sites for hydroxylation is 1. The van der Waals surface area contributed by atoms with Gasteiger partial charge in [-0.05, 0) is 30.3 Å². The number of ether oxygens (including phenoxy) is 1. The fourth-order valence-corrected chi connectivity index (χ4v) is 4.46. The summed E-state index contributed by atoms with van der Waals surface area (Å²) in [5.74, 6) is -0.706. The number of aromatic nitrogens is 2. The molecule has 10 nitrogen and oxygen atoms in total. The molecule has 0 radical (unpaired) electrons. The molecule has 2 aromatic heterocycles. The first-order valence-corrected chi connectivity index (χ1v) is 10.9. The molecule has 0 saturated carbocycles. The second-order valence-corrected chi connectivity index (χ2v) is 8.05. The quantitative estimate of drug-likeness (QED) is 0.516. The maximum absolute atomic E-state index is 12.5. The van der Waals surface area contributed by atoms with Crippen LogP contribution < -0.4 is 9.64 Å². The Morgan fingerprint density at radius 3 is 2.62 bits per heavy atom. The van der Waals surface area contributed by atoms with Crippen LogP contribution in [-0.4, -0.2) is 69.9 Å². The highest BCUT2D eigenvalue weighted by Gasteiger charge is 2.33. The van der Waals surface area contributed by atoms with Crippen LogP contribution in [0.1, 0.15) is 23.6 Å². The second kappa shape index (κ2) is 9.80. The first kappa shape index (κ1) is 23.1. The number of methoxy groups -OCH3 is 1. The van der Waals surface area contributed by atoms with Gasteiger partial charge < -0.3 is 24.4 Å². The van der Waals surface area contributed by atoms with Gasteiger partial charge in [0.15, 0.2) is 0 Å². The molecule has 1 aliphatic heterocycles. The van der Waals surface area contributed by atoms with E-state index in [-0.39, 0.29) is 13.0 Å². The number of benzene rings is 1. The highest BCUT2D eigenvalue weighted by Crippen LogP contribution is 2.34. The minimum atomic E-state index is -0.982. The molecule has 1 aromatic carbocycles. The molecule has 10 heteroatoms. The van der Waals surface area contributed by atoms with Gasteiger partial charge in [0.1, 0.15) is 23.7 Å². The molecule has 0 bridgehead atoms. The smallest absolute Gasteiger partial charge is 0.325 e. The van der Waals surface area contributed by atoms with Gasteiger partial charge in [-0.25, -0.2) is 4.98 Å². The van der Waals surface area contributed by atoms with E-state index in [1.807, 2.05) is 15.9 Å². The summed E-state index contributed by atoms with van der Waals surface area (Å²) < 4.78 is 7.14. The lowest BCUT2D eigenvalue weighted by molar-refractivity contribution is -0.143. The number of rotatable bonds is 8. The van der Waals surface area contributed by atoms with Crippen LogP contribution in [-0.2, 0) is 16.1 Å². The van der Waals surface area contributed by atoms with Crippen LogP contribution >= 0.6 is 0 Å². The third-order valence-corrected chi connectivity index (χ3v) is 6.10. The Bertz CT molecular complexity index is 1260. The predicted octanol–water partition coefficient (Wildman–Crippen LogP) is 2.34. The van der Waals surface area contributed by atoms with Crippen molar-refractivity contribution in [3.63, 3.8) is 0 Å². The molecule has 0 amide bonds. The molecule has 3 aromatic rings. The Balaban J connectivity index is 1.65. The normalized spacial score (nSPS) is 15.1. The average Bonchev–Trinajstić information content (AvgIpc) is 3.20. The topological polar surface area (TPSA) is 132 Å². The Morgan fingerprint density at radius 2 is 1.97 bits per heavy atom. The summed E-state index contributed by atoms with van der Waals surface area (Å²) >= 11 is 0. The van der Waals surface area contributed by atoms with Gasteiger partial charge in [0, 0.05) is 61.6 Å². The molecule has 0 aliphatic carbocycles. The van der Waals surface area contributed by atoms with Gasteiger partial charge in [-0.1, -0.05) is 0 Å². The third kappa shape index (κ3) is 4.51. The number of aliphatic carboxylic acids is 2. The molecule has 1 aliphatic rings. The van der Waals surface area contributed by atoms with Crippen molar-refractivity contribution in [2.45, 2.75) is 19.0 Å². The lowest BCUT2D eigenvalue weighted by atomic mass is 10.0. The lowest BCUT2D eigenvalue weighted by Gasteiger charge is -2.38. The van der Waals surface area contributed by atoms with E-state index in [4.69, 9.17) is 9.84 Å². The summed E-state index contributed by atoms with van der Waals surface area (Å²) in [6.45, 7) is 2.20. The Morgan fingerprint density at radius 1 is 1.21 bits per heavy atom. The maximum Gasteiger partial charge on any atom is 0.325 e. The standard InChI is InChI=1S/C24H25N5O5/c1-34-17-4-5-20-18(13-17)19(15-29(20)8-6-21(30)31)22(24(32)33)27-9-11-28(12-10-27)23-16(14-25)3-2-7-26-23/h2-5,7,13,15,22H,6,8-12H2,1H3,(H,30,31)(H,32,33)/t22-/m1/s1. The number of carbonyl (C=O) groups is 2. The van der Waals surface area contributed by atoms with Crippen LogP contribution in [0.4, 0.5) is 5.82 Å². The van der Waals surface area contributed by atoms with Gasteiger partial charge in [0.05, 0.1) is 19.1 Å². The van der Waals surface area contributed by atoms with Crippen molar-refractivity contribution in [2.24, 2.45) is 0 Å². The van der Waals surface area contributed by atoms with Crippen LogP contribution in [0.2, 0.25) is 0 Å². The lowest BCUT2D eigenvalue weighted by Crippen LogP contribution is -2.49. The first-order chi connectivity index (χ1) is 16.4. The molecule has 1 fully saturated rings. The molecule has 1 atom stereocenters. The summed E-state index contributed by atoms with van der Waals surface area (Å²) in [6.07, 6.45) is 3.31. The van der Waals surface area contributed by atoms with Gasteiger partial charge >= 0.3 is 11.9 Å². The number of nitriles is 1. The SMILES string of the molecule is COc1ccc2c(c1)c([C@H](C(=O)O)N1CCN(c3ncccc3C#N)CC1)cn2CCC(=O)O. The van der Waals surface area contributed by atoms with Crippen molar-refractivity contribution in [3.05, 3.63) is 53.9 Å². The molecule has 3 heterocycles. The number of carboxylic acids is 2. The van der Waals surface area contributed by atoms with Crippen molar-refractivity contribution >= 4 is 28.7 Å². The number of fused-ring (bicyclic) bond motifs is 1. The fraction of sp³-hybridized carbons (Fsp3) is 0.333. The minimum absolute atomic E-state index is 0.0725. The van der Waals surface area contributed by atoms with Crippen LogP contribution in [0.25, 0.3) is 10.9 Å². The molecular formula is C24H25N5O5. The Labute approximate surface area is 196 Å². The second-order valence-electron chi connectivity index (χ2n) is 8.05. The number of hydrogen-bond acceptors (Lipinski definition) is 7. The molecule has 4 rings (SSSR count). The molecular weight excluding hydrogens is 438 g/mol. The Hall–Kier alpha value is -4.10. The highest BCUT2D eigenvalue weighted by atomic mass is 16.5. The largest absolute Gasteiger partial charge is 0.497 e. The third-order valence-electron chi connectivity index (χ3n) is 6.10. The monoisotopic (exact) mass is 463 g/mol. The van der Waals surface area contributed by atoms with E-state index >= 15 is 0 Å². The number of nitrogens with zero attached hydrogens (tertiary/aromatic N) is 5. The molecule has 0 spiro atoms. The fourth-order valence-electron chi connectivity index (χ4n) is 4.46. The van der Waals surface area contributed by atoms with Crippen molar-refractivity contribution < 1.29 is 24.5 Å². The van der Waals surface area contributed by atoms with E-state index < -0.39 is 18.0 Å². The van der Waals surface area contributed by atoms with E-state index in [2.05, 4.69) is 11.1 Å². The minimum Gasteiger partial charge on any atom is -0.497 e. The molecule has 34 heavy (non-hydrogen) atoms. The summed E-state index contributed by atoms with van der Waals surface area (Å²) in [7, 11) is 1.54. The molecule has 1 saturated heterocycles. The van der Waals surface area contributed by atoms with Crippen LogP contribution in [0.3, 0.4) is 0 Å². The van der Waals surface area contributed by atoms with Gasteiger partial charge in [-0.15, -0.1) is 0 Å². The number of anilines is 1. The molecule has 176 valence electrons. The average molecular weight is 463 g/mol. The van der Waals surface area contributed by atoms with Crippen LogP contribution in [0.15, 0.2) is 42.7 Å². The zero-order valence-electron chi connectivity index (χ0n) is 18.7. The van der Waals surface area contributed by atoms with Gasteiger partial charge in [-0.3, -0.25) is 14.5 Å². The van der Waals surface area contributed by atoms with Gasteiger partial charge in [0.25, 0.3) is 0 Å². The van der Waals surface area contributed by atoms with E-state index in [0.29, 0.717) is 48.9 Å². The van der Waals surface area contributed by atoms with Crippen molar-refractivity contribution in [1.29, 1.82) is 5.26 Å². The van der Waals surface area contributed by atoms with E-state index in [0.717, 1.165) is 10.9 Å². The summed E-state index contributed by atoms with van der Waals surface area (Å²) in [4.78, 5) is 31.8. The molecule has 2 N–H and O–H groups in total. The number of piperazine rings is 1. The van der Waals surface area contributed by atoms with Crippen molar-refractivity contribution in [2.75, 3.05) is 38.2 Å². The maximum atomic E-state index is 12.5. The summed E-state index contributed by atoms with van der Waals surface area (Å²) in [5, 5.41) is 29.4. The summed E-state index contributed by atoms with van der Waals surface area (Å²) in [5.41, 5.74) is 1.84. The Kier molecular flexibility index (Phi) is 6.65. The predicted molar refractivity (Wildman–Crippen MR) is 124 cm³/mol. The van der Waals surface area contributed by atoms with E-state index in [1.165, 1.54) is 0 Å². The number of carboxylic acid groups (broad SMARTS) is 2. The zero-order chi connectivity index (χ0) is 24.2. The van der Waals surface area contributed by atoms with Crippen LogP contribution in [0.5, 0.6) is 5.75 Å². The van der Waals surface area contributed by atoms with E-state index in [9.17, 15) is 20.0 Å². The zero-order valence-corrected chi connectivity index (χ0v) is 18.7.